The van der Waals surface area contributed by atoms with Gasteiger partial charge in [0, 0.05) is 25.2 Å². The number of benzene rings is 1. The van der Waals surface area contributed by atoms with Crippen molar-refractivity contribution in [1.29, 1.82) is 0 Å². The lowest BCUT2D eigenvalue weighted by Crippen LogP contribution is -2.34. The van der Waals surface area contributed by atoms with Gasteiger partial charge in [-0.2, -0.15) is 4.31 Å². The Hall–Kier alpha value is -2.03. The molecule has 1 fully saturated rings. The van der Waals surface area contributed by atoms with Crippen LogP contribution in [0.1, 0.15) is 44.9 Å². The highest BCUT2D eigenvalue weighted by molar-refractivity contribution is 7.89. The third kappa shape index (κ3) is 7.34. The summed E-state index contributed by atoms with van der Waals surface area (Å²) >= 11 is 5.21. The smallest absolute Gasteiger partial charge is 0.243 e. The summed E-state index contributed by atoms with van der Waals surface area (Å²) in [5.41, 5.74) is 0.602. The summed E-state index contributed by atoms with van der Waals surface area (Å²) in [5, 5.41) is 5.83. The molecule has 8 heteroatoms. The van der Waals surface area contributed by atoms with E-state index in [1.807, 2.05) is 0 Å². The Morgan fingerprint density at radius 3 is 2.27 bits per heavy atom. The molecule has 0 radical (unpaired) electrons. The number of carbonyl (C=O) groups is 1. The fourth-order valence-corrected chi connectivity index (χ4v) is 5.19. The lowest BCUT2D eigenvalue weighted by Gasteiger charge is -2.21. The molecule has 1 aliphatic rings. The summed E-state index contributed by atoms with van der Waals surface area (Å²) in [6.45, 7) is 7.60. The van der Waals surface area contributed by atoms with Crippen LogP contribution in [0.25, 0.3) is 0 Å². The molecule has 30 heavy (non-hydrogen) atoms. The van der Waals surface area contributed by atoms with E-state index in [4.69, 9.17) is 12.2 Å². The largest absolute Gasteiger partial charge is 0.332 e. The summed E-state index contributed by atoms with van der Waals surface area (Å²) in [5.74, 6) is 0.545. The summed E-state index contributed by atoms with van der Waals surface area (Å²) < 4.78 is 26.7. The minimum Gasteiger partial charge on any atom is -0.332 e. The van der Waals surface area contributed by atoms with Gasteiger partial charge in [-0.25, -0.2) is 8.42 Å². The molecule has 0 saturated heterocycles. The minimum atomic E-state index is -3.65. The van der Waals surface area contributed by atoms with Crippen LogP contribution in [0.15, 0.2) is 54.5 Å². The maximum atomic E-state index is 12.7. The topological polar surface area (TPSA) is 78.5 Å². The highest BCUT2D eigenvalue weighted by atomic mass is 32.2. The molecule has 0 atom stereocenters. The van der Waals surface area contributed by atoms with E-state index in [0.29, 0.717) is 18.0 Å². The quantitative estimate of drug-likeness (QED) is 0.413. The molecule has 2 N–H and O–H groups in total. The van der Waals surface area contributed by atoms with Crippen molar-refractivity contribution in [1.82, 2.24) is 9.62 Å². The van der Waals surface area contributed by atoms with E-state index in [9.17, 15) is 13.2 Å². The standard InChI is InChI=1S/C22H31N3O3S2/c1-3-16-25(17-4-2)30(27,28)20-13-11-19(12-14-20)23-22(29)24-21(26)15-10-18-8-6-5-7-9-18/h3-4,11-14,18H,1-2,5-10,15-17H2,(H2,23,24,26,29). The van der Waals surface area contributed by atoms with Gasteiger partial charge in [0.1, 0.15) is 0 Å². The SMILES string of the molecule is C=CCN(CC=C)S(=O)(=O)c1ccc(NC(=S)NC(=O)CCC2CCCCC2)cc1. The number of anilines is 1. The number of rotatable bonds is 10. The molecule has 164 valence electrons. The van der Waals surface area contributed by atoms with Crippen molar-refractivity contribution in [2.45, 2.75) is 49.8 Å². The van der Waals surface area contributed by atoms with Crippen molar-refractivity contribution in [3.63, 3.8) is 0 Å². The Labute approximate surface area is 185 Å². The number of amides is 1. The Kier molecular flexibility index (Phi) is 9.68. The van der Waals surface area contributed by atoms with Crippen molar-refractivity contribution < 1.29 is 13.2 Å². The highest BCUT2D eigenvalue weighted by Crippen LogP contribution is 2.27. The number of hydrogen-bond acceptors (Lipinski definition) is 4. The second-order valence-corrected chi connectivity index (χ2v) is 9.81. The number of sulfonamides is 1. The molecule has 0 bridgehead atoms. The first-order chi connectivity index (χ1) is 14.4. The number of nitrogens with one attached hydrogen (secondary N) is 2. The predicted octanol–water partition coefficient (Wildman–Crippen LogP) is 4.22. The van der Waals surface area contributed by atoms with Crippen molar-refractivity contribution in [2.75, 3.05) is 18.4 Å². The first-order valence-corrected chi connectivity index (χ1v) is 12.1. The van der Waals surface area contributed by atoms with Crippen LogP contribution < -0.4 is 10.6 Å². The van der Waals surface area contributed by atoms with Crippen LogP contribution in [0, 0.1) is 5.92 Å². The number of carbonyl (C=O) groups excluding carboxylic acids is 1. The summed E-state index contributed by atoms with van der Waals surface area (Å²) in [6, 6.07) is 6.25. The molecule has 6 nitrogen and oxygen atoms in total. The van der Waals surface area contributed by atoms with Gasteiger partial charge in [-0.1, -0.05) is 44.3 Å². The average molecular weight is 450 g/mol. The van der Waals surface area contributed by atoms with Crippen molar-refractivity contribution in [2.24, 2.45) is 5.92 Å². The van der Waals surface area contributed by atoms with E-state index in [1.165, 1.54) is 60.7 Å². The fourth-order valence-electron chi connectivity index (χ4n) is 3.58. The van der Waals surface area contributed by atoms with Crippen LogP contribution in [0.2, 0.25) is 0 Å². The average Bonchev–Trinajstić information content (AvgIpc) is 2.73. The molecule has 1 aromatic carbocycles. The zero-order valence-electron chi connectivity index (χ0n) is 17.3. The molecule has 0 aliphatic heterocycles. The van der Waals surface area contributed by atoms with Crippen LogP contribution in [0.5, 0.6) is 0 Å². The van der Waals surface area contributed by atoms with Gasteiger partial charge in [-0.15, -0.1) is 13.2 Å². The zero-order valence-corrected chi connectivity index (χ0v) is 18.9. The molecule has 0 spiro atoms. The van der Waals surface area contributed by atoms with Gasteiger partial charge in [-0.05, 0) is 48.8 Å². The molecule has 1 saturated carbocycles. The van der Waals surface area contributed by atoms with Crippen LogP contribution in [-0.2, 0) is 14.8 Å². The normalized spacial score (nSPS) is 14.8. The van der Waals surface area contributed by atoms with Crippen LogP contribution in [0.3, 0.4) is 0 Å². The van der Waals surface area contributed by atoms with E-state index < -0.39 is 10.0 Å². The molecule has 2 rings (SSSR count). The van der Waals surface area contributed by atoms with E-state index in [1.54, 1.807) is 12.1 Å². The molecule has 1 amide bonds. The molecule has 1 aliphatic carbocycles. The van der Waals surface area contributed by atoms with E-state index in [2.05, 4.69) is 23.8 Å². The van der Waals surface area contributed by atoms with Gasteiger partial charge >= 0.3 is 0 Å². The highest BCUT2D eigenvalue weighted by Gasteiger charge is 2.22. The molecule has 0 aromatic heterocycles. The molecule has 0 unspecified atom stereocenters. The first-order valence-electron chi connectivity index (χ1n) is 10.3. The predicted molar refractivity (Wildman–Crippen MR) is 126 cm³/mol. The molecule has 1 aromatic rings. The monoisotopic (exact) mass is 449 g/mol. The molecule has 0 heterocycles. The van der Waals surface area contributed by atoms with Crippen LogP contribution in [-0.4, -0.2) is 36.8 Å². The van der Waals surface area contributed by atoms with Gasteiger partial charge in [0.2, 0.25) is 15.9 Å². The Morgan fingerprint density at radius 1 is 1.10 bits per heavy atom. The van der Waals surface area contributed by atoms with Crippen LogP contribution >= 0.6 is 12.2 Å². The zero-order chi connectivity index (χ0) is 22.0. The third-order valence-corrected chi connectivity index (χ3v) is 7.22. The fraction of sp³-hybridized carbons (Fsp3) is 0.455. The van der Waals surface area contributed by atoms with Gasteiger partial charge in [0.15, 0.2) is 5.11 Å². The van der Waals surface area contributed by atoms with E-state index in [-0.39, 0.29) is 29.0 Å². The van der Waals surface area contributed by atoms with Crippen LogP contribution in [0.4, 0.5) is 5.69 Å². The van der Waals surface area contributed by atoms with Crippen molar-refractivity contribution >= 4 is 38.9 Å². The first kappa shape index (κ1) is 24.2. The van der Waals surface area contributed by atoms with E-state index in [0.717, 1.165) is 6.42 Å². The number of nitrogens with zero attached hydrogens (tertiary/aromatic N) is 1. The van der Waals surface area contributed by atoms with Crippen molar-refractivity contribution in [3.05, 3.63) is 49.6 Å². The van der Waals surface area contributed by atoms with Gasteiger partial charge < -0.3 is 10.6 Å². The van der Waals surface area contributed by atoms with Crippen molar-refractivity contribution in [3.8, 4) is 0 Å². The number of thiocarbonyl (C=S) groups is 1. The second kappa shape index (κ2) is 12.0. The lowest BCUT2D eigenvalue weighted by atomic mass is 9.86. The minimum absolute atomic E-state index is 0.0956. The summed E-state index contributed by atoms with van der Waals surface area (Å²) in [6.07, 6.45) is 10.7. The maximum Gasteiger partial charge on any atom is 0.243 e. The lowest BCUT2D eigenvalue weighted by molar-refractivity contribution is -0.120. The van der Waals surface area contributed by atoms with Gasteiger partial charge in [-0.3, -0.25) is 4.79 Å². The van der Waals surface area contributed by atoms with Gasteiger partial charge in [0.05, 0.1) is 4.90 Å². The summed E-state index contributed by atoms with van der Waals surface area (Å²) in [7, 11) is -3.65. The number of hydrogen-bond donors (Lipinski definition) is 2. The Morgan fingerprint density at radius 2 is 1.70 bits per heavy atom. The second-order valence-electron chi connectivity index (χ2n) is 7.47. The maximum absolute atomic E-state index is 12.7. The molecular weight excluding hydrogens is 418 g/mol. The Balaban J connectivity index is 1.88. The third-order valence-electron chi connectivity index (χ3n) is 5.17. The molecular formula is C22H31N3O3S2. The Bertz CT molecular complexity index is 835. The van der Waals surface area contributed by atoms with Gasteiger partial charge in [0.25, 0.3) is 0 Å². The summed E-state index contributed by atoms with van der Waals surface area (Å²) in [4.78, 5) is 12.3. The van der Waals surface area contributed by atoms with E-state index >= 15 is 0 Å².